The highest BCUT2D eigenvalue weighted by Gasteiger charge is 2.24. The Labute approximate surface area is 124 Å². The summed E-state index contributed by atoms with van der Waals surface area (Å²) in [7, 11) is 3.08. The van der Waals surface area contributed by atoms with Gasteiger partial charge in [0, 0.05) is 12.1 Å². The van der Waals surface area contributed by atoms with E-state index in [0.29, 0.717) is 22.4 Å². The number of rotatable bonds is 4. The lowest BCUT2D eigenvalue weighted by Gasteiger charge is -2.28. The Morgan fingerprint density at radius 3 is 2.40 bits per heavy atom. The van der Waals surface area contributed by atoms with Crippen LogP contribution in [-0.4, -0.2) is 32.4 Å². The minimum atomic E-state index is -0.437. The van der Waals surface area contributed by atoms with E-state index in [1.807, 2.05) is 0 Å². The van der Waals surface area contributed by atoms with Crippen molar-refractivity contribution >= 4 is 17.6 Å². The fourth-order valence-corrected chi connectivity index (χ4v) is 2.61. The van der Waals surface area contributed by atoms with Crippen LogP contribution in [0.15, 0.2) is 18.2 Å². The molecule has 0 spiro atoms. The van der Waals surface area contributed by atoms with Crippen molar-refractivity contribution in [2.45, 2.75) is 37.9 Å². The number of halogens is 1. The number of hydrogen-bond donors (Lipinski definition) is 0. The average Bonchev–Trinajstić information content (AvgIpc) is 2.49. The number of carbonyl (C=O) groups excluding carboxylic acids is 1. The Bertz CT molecular complexity index is 467. The van der Waals surface area contributed by atoms with Crippen LogP contribution in [-0.2, 0) is 9.47 Å². The molecule has 0 bridgehead atoms. The van der Waals surface area contributed by atoms with Crippen LogP contribution >= 0.6 is 11.6 Å². The molecule has 1 saturated carbocycles. The molecule has 0 heterocycles. The zero-order chi connectivity index (χ0) is 14.5. The molecule has 0 radical (unpaired) electrons. The Balaban J connectivity index is 2.07. The maximum Gasteiger partial charge on any atom is 0.341 e. The molecule has 20 heavy (non-hydrogen) atoms. The molecule has 1 aromatic carbocycles. The van der Waals surface area contributed by atoms with Gasteiger partial charge in [-0.2, -0.15) is 0 Å². The molecule has 0 amide bonds. The van der Waals surface area contributed by atoms with Crippen molar-refractivity contribution in [2.24, 2.45) is 0 Å². The summed E-state index contributed by atoms with van der Waals surface area (Å²) in [6.45, 7) is 0. The largest absolute Gasteiger partial charge is 0.490 e. The van der Waals surface area contributed by atoms with Crippen molar-refractivity contribution in [3.63, 3.8) is 0 Å². The third kappa shape index (κ3) is 3.64. The van der Waals surface area contributed by atoms with Crippen molar-refractivity contribution in [1.82, 2.24) is 0 Å². The zero-order valence-corrected chi connectivity index (χ0v) is 12.5. The number of ether oxygens (including phenoxy) is 3. The minimum Gasteiger partial charge on any atom is -0.490 e. The topological polar surface area (TPSA) is 44.8 Å². The highest BCUT2D eigenvalue weighted by atomic mass is 35.5. The summed E-state index contributed by atoms with van der Waals surface area (Å²) in [5, 5.41) is 0.487. The van der Waals surface area contributed by atoms with Crippen molar-refractivity contribution in [3.8, 4) is 5.75 Å². The molecule has 4 nitrogen and oxygen atoms in total. The van der Waals surface area contributed by atoms with E-state index in [-0.39, 0.29) is 6.10 Å². The molecule has 5 heteroatoms. The summed E-state index contributed by atoms with van der Waals surface area (Å²) in [5.74, 6) is 0.0928. The molecule has 0 unspecified atom stereocenters. The predicted octanol–water partition coefficient (Wildman–Crippen LogP) is 3.46. The lowest BCUT2D eigenvalue weighted by Crippen LogP contribution is -2.28. The van der Waals surface area contributed by atoms with E-state index in [1.165, 1.54) is 7.11 Å². The maximum absolute atomic E-state index is 11.7. The number of hydrogen-bond acceptors (Lipinski definition) is 4. The molecule has 0 aromatic heterocycles. The second-order valence-corrected chi connectivity index (χ2v) is 5.32. The summed E-state index contributed by atoms with van der Waals surface area (Å²) in [4.78, 5) is 11.7. The quantitative estimate of drug-likeness (QED) is 0.799. The molecule has 1 aromatic rings. The summed E-state index contributed by atoms with van der Waals surface area (Å²) >= 11 is 5.92. The molecule has 0 N–H and O–H groups in total. The third-order valence-corrected chi connectivity index (χ3v) is 3.83. The highest BCUT2D eigenvalue weighted by molar-refractivity contribution is 6.31. The Morgan fingerprint density at radius 1 is 1.15 bits per heavy atom. The first kappa shape index (κ1) is 15.1. The molecule has 1 fully saturated rings. The average molecular weight is 299 g/mol. The normalized spacial score (nSPS) is 22.4. The van der Waals surface area contributed by atoms with E-state index in [1.54, 1.807) is 25.3 Å². The van der Waals surface area contributed by atoms with Crippen molar-refractivity contribution in [1.29, 1.82) is 0 Å². The van der Waals surface area contributed by atoms with Crippen molar-refractivity contribution in [3.05, 3.63) is 28.8 Å². The smallest absolute Gasteiger partial charge is 0.341 e. The summed E-state index contributed by atoms with van der Waals surface area (Å²) in [5.41, 5.74) is 0.369. The second-order valence-electron chi connectivity index (χ2n) is 4.88. The molecule has 110 valence electrons. The molecular formula is C15H19ClO4. The maximum atomic E-state index is 11.7. The Kier molecular flexibility index (Phi) is 5.26. The van der Waals surface area contributed by atoms with Gasteiger partial charge in [0.1, 0.15) is 11.3 Å². The first-order chi connectivity index (χ1) is 9.63. The first-order valence-electron chi connectivity index (χ1n) is 6.71. The number of esters is 1. The SMILES string of the molecule is COC(=O)c1cc(Cl)ccc1O[C@H]1CC[C@@H](OC)CC1. The Morgan fingerprint density at radius 2 is 1.80 bits per heavy atom. The number of carbonyl (C=O) groups is 1. The van der Waals surface area contributed by atoms with Gasteiger partial charge in [-0.1, -0.05) is 11.6 Å². The van der Waals surface area contributed by atoms with Crippen molar-refractivity contribution < 1.29 is 19.0 Å². The molecule has 0 aliphatic heterocycles. The molecule has 1 aliphatic rings. The van der Waals surface area contributed by atoms with E-state index in [0.717, 1.165) is 25.7 Å². The van der Waals surface area contributed by atoms with Gasteiger partial charge in [0.15, 0.2) is 0 Å². The summed E-state index contributed by atoms with van der Waals surface area (Å²) < 4.78 is 16.0. The van der Waals surface area contributed by atoms with Gasteiger partial charge < -0.3 is 14.2 Å². The van der Waals surface area contributed by atoms with Gasteiger partial charge in [0.05, 0.1) is 19.3 Å². The Hall–Kier alpha value is -1.26. The van der Waals surface area contributed by atoms with Crippen LogP contribution in [0.5, 0.6) is 5.75 Å². The van der Waals surface area contributed by atoms with Crippen LogP contribution in [0.4, 0.5) is 0 Å². The van der Waals surface area contributed by atoms with Gasteiger partial charge in [-0.05, 0) is 43.9 Å². The fourth-order valence-electron chi connectivity index (χ4n) is 2.44. The summed E-state index contributed by atoms with van der Waals surface area (Å²) in [6.07, 6.45) is 4.21. The first-order valence-corrected chi connectivity index (χ1v) is 7.09. The molecule has 0 saturated heterocycles. The number of benzene rings is 1. The van der Waals surface area contributed by atoms with E-state index in [9.17, 15) is 4.79 Å². The lowest BCUT2D eigenvalue weighted by molar-refractivity contribution is 0.0317. The van der Waals surface area contributed by atoms with E-state index < -0.39 is 5.97 Å². The van der Waals surface area contributed by atoms with Crippen molar-refractivity contribution in [2.75, 3.05) is 14.2 Å². The van der Waals surface area contributed by atoms with E-state index in [4.69, 9.17) is 25.8 Å². The van der Waals surface area contributed by atoms with Crippen LogP contribution in [0.3, 0.4) is 0 Å². The predicted molar refractivity (Wildman–Crippen MR) is 76.5 cm³/mol. The second kappa shape index (κ2) is 6.95. The molecule has 1 aliphatic carbocycles. The van der Waals surface area contributed by atoms with Gasteiger partial charge in [0.2, 0.25) is 0 Å². The van der Waals surface area contributed by atoms with Crippen LogP contribution in [0, 0.1) is 0 Å². The molecular weight excluding hydrogens is 280 g/mol. The van der Waals surface area contributed by atoms with Gasteiger partial charge in [-0.15, -0.1) is 0 Å². The minimum absolute atomic E-state index is 0.103. The van der Waals surface area contributed by atoms with Crippen LogP contribution in [0.25, 0.3) is 0 Å². The van der Waals surface area contributed by atoms with Gasteiger partial charge in [-0.3, -0.25) is 0 Å². The lowest BCUT2D eigenvalue weighted by atomic mass is 9.95. The van der Waals surface area contributed by atoms with Gasteiger partial charge >= 0.3 is 5.97 Å². The monoisotopic (exact) mass is 298 g/mol. The van der Waals surface area contributed by atoms with E-state index in [2.05, 4.69) is 0 Å². The van der Waals surface area contributed by atoms with Gasteiger partial charge in [-0.25, -0.2) is 4.79 Å². The van der Waals surface area contributed by atoms with Gasteiger partial charge in [0.25, 0.3) is 0 Å². The van der Waals surface area contributed by atoms with Crippen LogP contribution in [0.2, 0.25) is 5.02 Å². The molecule has 2 rings (SSSR count). The van der Waals surface area contributed by atoms with Crippen LogP contribution < -0.4 is 4.74 Å². The number of methoxy groups -OCH3 is 2. The van der Waals surface area contributed by atoms with Crippen LogP contribution in [0.1, 0.15) is 36.0 Å². The fraction of sp³-hybridized carbons (Fsp3) is 0.533. The summed E-state index contributed by atoms with van der Waals surface area (Å²) in [6, 6.07) is 5.00. The third-order valence-electron chi connectivity index (χ3n) is 3.60. The highest BCUT2D eigenvalue weighted by Crippen LogP contribution is 2.29. The zero-order valence-electron chi connectivity index (χ0n) is 11.7. The molecule has 0 atom stereocenters. The van der Waals surface area contributed by atoms with E-state index >= 15 is 0 Å². The standard InChI is InChI=1S/C15H19ClO4/c1-18-11-4-6-12(7-5-11)20-14-8-3-10(16)9-13(14)15(17)19-2/h3,8-9,11-12H,4-7H2,1-2H3/t11-,12+.